The largest absolute Gasteiger partial charge is 0.454 e. The fourth-order valence-electron chi connectivity index (χ4n) is 2.84. The molecule has 3 aromatic rings. The van der Waals surface area contributed by atoms with Gasteiger partial charge in [-0.25, -0.2) is 5.43 Å². The Morgan fingerprint density at radius 1 is 1.11 bits per heavy atom. The maximum Gasteiger partial charge on any atom is 0.236 e. The highest BCUT2D eigenvalue weighted by atomic mass is 35.5. The highest BCUT2D eigenvalue weighted by Crippen LogP contribution is 2.28. The summed E-state index contributed by atoms with van der Waals surface area (Å²) < 4.78 is 5.96. The highest BCUT2D eigenvalue weighted by molar-refractivity contribution is 6.30. The van der Waals surface area contributed by atoms with Crippen molar-refractivity contribution in [3.05, 3.63) is 64.4 Å². The second-order valence-electron chi connectivity index (χ2n) is 6.51. The summed E-state index contributed by atoms with van der Waals surface area (Å²) in [6.07, 6.45) is 0.0982. The monoisotopic (exact) mass is 397 g/mol. The number of rotatable bonds is 5. The van der Waals surface area contributed by atoms with Crippen LogP contribution in [0.2, 0.25) is 5.02 Å². The number of hydrogen-bond donors (Lipinski definition) is 2. The van der Waals surface area contributed by atoms with Crippen LogP contribution in [0.5, 0.6) is 0 Å². The average Bonchev–Trinajstić information content (AvgIpc) is 2.99. The van der Waals surface area contributed by atoms with Crippen molar-refractivity contribution in [1.82, 2.24) is 5.43 Å². The average molecular weight is 398 g/mol. The van der Waals surface area contributed by atoms with Gasteiger partial charge in [0.1, 0.15) is 11.3 Å². The third-order valence-corrected chi connectivity index (χ3v) is 4.38. The molecular formula is C21H20ClN3O3. The molecule has 0 aliphatic heterocycles. The van der Waals surface area contributed by atoms with E-state index in [1.807, 2.05) is 25.1 Å². The molecule has 1 heterocycles. The third kappa shape index (κ3) is 4.58. The number of halogens is 1. The predicted octanol–water partition coefficient (Wildman–Crippen LogP) is 4.44. The van der Waals surface area contributed by atoms with Gasteiger partial charge >= 0.3 is 0 Å². The molecule has 2 amide bonds. The molecule has 144 valence electrons. The Morgan fingerprint density at radius 3 is 2.50 bits per heavy atom. The van der Waals surface area contributed by atoms with E-state index in [0.717, 1.165) is 10.9 Å². The van der Waals surface area contributed by atoms with Gasteiger partial charge in [-0.1, -0.05) is 23.7 Å². The van der Waals surface area contributed by atoms with Gasteiger partial charge in [-0.15, -0.1) is 0 Å². The number of aryl methyl sites for hydroxylation is 1. The maximum absolute atomic E-state index is 12.6. The second kappa shape index (κ2) is 8.27. The first-order valence-electron chi connectivity index (χ1n) is 8.72. The van der Waals surface area contributed by atoms with Crippen LogP contribution in [0, 0.1) is 6.92 Å². The number of nitrogens with one attached hydrogen (secondary N) is 2. The number of carbonyl (C=O) groups is 2. The zero-order valence-corrected chi connectivity index (χ0v) is 16.6. The summed E-state index contributed by atoms with van der Waals surface area (Å²) in [5.41, 5.74) is 5.97. The molecule has 0 bridgehead atoms. The normalized spacial score (nSPS) is 11.5. The molecule has 0 unspecified atom stereocenters. The molecule has 6 nitrogen and oxygen atoms in total. The van der Waals surface area contributed by atoms with Crippen LogP contribution in [-0.4, -0.2) is 17.5 Å². The van der Waals surface area contributed by atoms with Gasteiger partial charge in [0.2, 0.25) is 11.8 Å². The summed E-state index contributed by atoms with van der Waals surface area (Å²) in [5.74, 6) is -0.00637. The number of amides is 2. The lowest BCUT2D eigenvalue weighted by atomic mass is 10.0. The standard InChI is InChI=1S/C21H20ClN3O3/c1-12-4-9-17-18(11-20(27)23-16-7-5-15(22)6-8-16)21(28-19(17)10-12)13(2)24-25-14(3)26/h4-10H,11H2,1-3H3,(H,23,27)(H,25,26)/b24-13+. The minimum Gasteiger partial charge on any atom is -0.454 e. The molecule has 2 aromatic carbocycles. The van der Waals surface area contributed by atoms with Crippen molar-refractivity contribution in [2.75, 3.05) is 5.32 Å². The van der Waals surface area contributed by atoms with Crippen molar-refractivity contribution >= 4 is 45.8 Å². The maximum atomic E-state index is 12.6. The molecular weight excluding hydrogens is 378 g/mol. The van der Waals surface area contributed by atoms with Crippen LogP contribution in [0.1, 0.15) is 30.7 Å². The topological polar surface area (TPSA) is 83.7 Å². The van der Waals surface area contributed by atoms with Gasteiger partial charge in [-0.3, -0.25) is 9.59 Å². The van der Waals surface area contributed by atoms with Gasteiger partial charge in [0, 0.05) is 28.6 Å². The number of benzene rings is 2. The number of hydrazone groups is 1. The summed E-state index contributed by atoms with van der Waals surface area (Å²) in [6, 6.07) is 12.7. The number of furan rings is 1. The third-order valence-electron chi connectivity index (χ3n) is 4.12. The summed E-state index contributed by atoms with van der Waals surface area (Å²) in [4.78, 5) is 23.8. The molecule has 0 saturated carbocycles. The Morgan fingerprint density at radius 2 is 1.82 bits per heavy atom. The van der Waals surface area contributed by atoms with Crippen LogP contribution in [0.4, 0.5) is 5.69 Å². The molecule has 3 rings (SSSR count). The zero-order valence-electron chi connectivity index (χ0n) is 15.8. The Bertz CT molecular complexity index is 1070. The lowest BCUT2D eigenvalue weighted by Crippen LogP contribution is -2.17. The van der Waals surface area contributed by atoms with Gasteiger partial charge in [0.25, 0.3) is 0 Å². The molecule has 0 radical (unpaired) electrons. The van der Waals surface area contributed by atoms with Gasteiger partial charge in [-0.05, 0) is 49.7 Å². The Balaban J connectivity index is 1.94. The zero-order chi connectivity index (χ0) is 20.3. The van der Waals surface area contributed by atoms with Crippen LogP contribution in [0.25, 0.3) is 11.0 Å². The van der Waals surface area contributed by atoms with Crippen LogP contribution < -0.4 is 10.7 Å². The number of anilines is 1. The molecule has 0 saturated heterocycles. The Labute approximate surface area is 167 Å². The number of nitrogens with zero attached hydrogens (tertiary/aromatic N) is 1. The van der Waals surface area contributed by atoms with Crippen LogP contribution in [-0.2, 0) is 16.0 Å². The summed E-state index contributed by atoms with van der Waals surface area (Å²) in [7, 11) is 0. The quantitative estimate of drug-likeness (QED) is 0.493. The fraction of sp³-hybridized carbons (Fsp3) is 0.190. The predicted molar refractivity (Wildman–Crippen MR) is 111 cm³/mol. The summed E-state index contributed by atoms with van der Waals surface area (Å²) in [6.45, 7) is 5.06. The van der Waals surface area contributed by atoms with Gasteiger partial charge in [-0.2, -0.15) is 5.10 Å². The van der Waals surface area contributed by atoms with Gasteiger partial charge in [0.05, 0.1) is 6.42 Å². The molecule has 7 heteroatoms. The molecule has 0 aliphatic rings. The van der Waals surface area contributed by atoms with Crippen molar-refractivity contribution in [3.63, 3.8) is 0 Å². The van der Waals surface area contributed by atoms with E-state index in [2.05, 4.69) is 15.8 Å². The molecule has 0 atom stereocenters. The van der Waals surface area contributed by atoms with E-state index < -0.39 is 0 Å². The number of fused-ring (bicyclic) bond motifs is 1. The van der Waals surface area contributed by atoms with E-state index in [-0.39, 0.29) is 18.2 Å². The van der Waals surface area contributed by atoms with Gasteiger partial charge in [0.15, 0.2) is 5.76 Å². The van der Waals surface area contributed by atoms with E-state index in [4.69, 9.17) is 16.0 Å². The molecule has 0 aliphatic carbocycles. The molecule has 2 N–H and O–H groups in total. The van der Waals surface area contributed by atoms with Crippen LogP contribution in [0.3, 0.4) is 0 Å². The smallest absolute Gasteiger partial charge is 0.236 e. The lowest BCUT2D eigenvalue weighted by Gasteiger charge is -2.06. The van der Waals surface area contributed by atoms with E-state index in [1.54, 1.807) is 31.2 Å². The van der Waals surface area contributed by atoms with Crippen molar-refractivity contribution in [3.8, 4) is 0 Å². The Kier molecular flexibility index (Phi) is 5.80. The Hall–Kier alpha value is -3.12. The lowest BCUT2D eigenvalue weighted by molar-refractivity contribution is -0.119. The van der Waals surface area contributed by atoms with E-state index in [0.29, 0.717) is 33.3 Å². The minimum absolute atomic E-state index is 0.0982. The first-order chi connectivity index (χ1) is 13.3. The van der Waals surface area contributed by atoms with Crippen LogP contribution >= 0.6 is 11.6 Å². The fourth-order valence-corrected chi connectivity index (χ4v) is 2.96. The van der Waals surface area contributed by atoms with Gasteiger partial charge < -0.3 is 9.73 Å². The summed E-state index contributed by atoms with van der Waals surface area (Å²) >= 11 is 5.88. The first kappa shape index (κ1) is 19.6. The minimum atomic E-state index is -0.284. The number of hydrogen-bond acceptors (Lipinski definition) is 4. The molecule has 1 aromatic heterocycles. The van der Waals surface area contributed by atoms with E-state index in [9.17, 15) is 9.59 Å². The molecule has 0 spiro atoms. The highest BCUT2D eigenvalue weighted by Gasteiger charge is 2.19. The van der Waals surface area contributed by atoms with Crippen LogP contribution in [0.15, 0.2) is 52.0 Å². The van der Waals surface area contributed by atoms with Crippen molar-refractivity contribution in [2.24, 2.45) is 5.10 Å². The van der Waals surface area contributed by atoms with Crippen molar-refractivity contribution in [2.45, 2.75) is 27.2 Å². The van der Waals surface area contributed by atoms with E-state index >= 15 is 0 Å². The SMILES string of the molecule is CC(=O)N/N=C(\C)c1oc2cc(C)ccc2c1CC(=O)Nc1ccc(Cl)cc1. The summed E-state index contributed by atoms with van der Waals surface area (Å²) in [5, 5.41) is 8.34. The first-order valence-corrected chi connectivity index (χ1v) is 9.10. The van der Waals surface area contributed by atoms with Crippen molar-refractivity contribution < 1.29 is 14.0 Å². The molecule has 28 heavy (non-hydrogen) atoms. The van der Waals surface area contributed by atoms with Crippen molar-refractivity contribution in [1.29, 1.82) is 0 Å². The number of carbonyl (C=O) groups excluding carboxylic acids is 2. The molecule has 0 fully saturated rings. The van der Waals surface area contributed by atoms with E-state index in [1.165, 1.54) is 6.92 Å². The second-order valence-corrected chi connectivity index (χ2v) is 6.94.